The summed E-state index contributed by atoms with van der Waals surface area (Å²) in [7, 11) is 0. The number of benzene rings is 1. The molecule has 1 fully saturated rings. The molecule has 1 aromatic rings. The zero-order valence-corrected chi connectivity index (χ0v) is 12.0. The second kappa shape index (κ2) is 7.22. The Morgan fingerprint density at radius 3 is 3.05 bits per heavy atom. The molecule has 2 atom stereocenters. The number of ether oxygens (including phenoxy) is 1. The monoisotopic (exact) mass is 285 g/mol. The second-order valence-electron chi connectivity index (χ2n) is 5.10. The Morgan fingerprint density at radius 1 is 1.53 bits per heavy atom. The van der Waals surface area contributed by atoms with E-state index >= 15 is 0 Å². The predicted octanol–water partition coefficient (Wildman–Crippen LogP) is 3.43. The Bertz CT molecular complexity index is 407. The molecule has 2 unspecified atom stereocenters. The van der Waals surface area contributed by atoms with Gasteiger partial charge in [0.05, 0.1) is 11.6 Å². The van der Waals surface area contributed by atoms with Crippen LogP contribution in [0.25, 0.3) is 0 Å². The van der Waals surface area contributed by atoms with Crippen molar-refractivity contribution in [1.82, 2.24) is 5.32 Å². The van der Waals surface area contributed by atoms with Crippen molar-refractivity contribution < 1.29 is 9.13 Å². The maximum Gasteiger partial charge on any atom is 0.145 e. The van der Waals surface area contributed by atoms with Gasteiger partial charge in [-0.05, 0) is 37.4 Å². The lowest BCUT2D eigenvalue weighted by atomic mass is 9.92. The summed E-state index contributed by atoms with van der Waals surface area (Å²) in [5, 5.41) is 3.72. The van der Waals surface area contributed by atoms with Gasteiger partial charge in [0.25, 0.3) is 0 Å². The van der Waals surface area contributed by atoms with E-state index < -0.39 is 0 Å². The fourth-order valence-electron chi connectivity index (χ4n) is 2.55. The molecule has 0 saturated carbocycles. The normalized spacial score (nSPS) is 20.7. The fraction of sp³-hybridized carbons (Fsp3) is 0.600. The Balaban J connectivity index is 2.07. The van der Waals surface area contributed by atoms with E-state index in [1.54, 1.807) is 6.07 Å². The summed E-state index contributed by atoms with van der Waals surface area (Å²) in [6, 6.07) is 5.48. The zero-order valence-electron chi connectivity index (χ0n) is 11.3. The van der Waals surface area contributed by atoms with Crippen LogP contribution in [0, 0.1) is 11.7 Å². The Hall–Kier alpha value is -0.640. The van der Waals surface area contributed by atoms with Gasteiger partial charge in [-0.2, -0.15) is 0 Å². The second-order valence-corrected chi connectivity index (χ2v) is 5.51. The number of halogens is 2. The van der Waals surface area contributed by atoms with Gasteiger partial charge >= 0.3 is 0 Å². The molecule has 0 bridgehead atoms. The van der Waals surface area contributed by atoms with Crippen molar-refractivity contribution in [3.8, 4) is 0 Å². The molecule has 0 amide bonds. The number of nitrogens with one attached hydrogen (secondary N) is 1. The quantitative estimate of drug-likeness (QED) is 0.865. The summed E-state index contributed by atoms with van der Waals surface area (Å²) < 4.78 is 19.4. The van der Waals surface area contributed by atoms with Gasteiger partial charge in [0.15, 0.2) is 0 Å². The van der Waals surface area contributed by atoms with Crippen molar-refractivity contribution in [2.75, 3.05) is 19.8 Å². The SMILES string of the molecule is CCCNC(Cc1cccc(Cl)c1F)C1CCOC1. The number of hydrogen-bond acceptors (Lipinski definition) is 2. The van der Waals surface area contributed by atoms with Crippen LogP contribution in [0.3, 0.4) is 0 Å². The van der Waals surface area contributed by atoms with Gasteiger partial charge in [0.1, 0.15) is 5.82 Å². The molecular formula is C15H21ClFNO. The standard InChI is InChI=1S/C15H21ClFNO/c1-2-7-18-14(12-6-8-19-10-12)9-11-4-3-5-13(16)15(11)17/h3-5,12,14,18H,2,6-10H2,1H3. The van der Waals surface area contributed by atoms with Crippen molar-refractivity contribution in [1.29, 1.82) is 0 Å². The van der Waals surface area contributed by atoms with E-state index in [1.165, 1.54) is 0 Å². The topological polar surface area (TPSA) is 21.3 Å². The summed E-state index contributed by atoms with van der Waals surface area (Å²) in [5.74, 6) is 0.177. The molecule has 1 aromatic carbocycles. The molecule has 1 saturated heterocycles. The smallest absolute Gasteiger partial charge is 0.145 e. The molecular weight excluding hydrogens is 265 g/mol. The van der Waals surface area contributed by atoms with Crippen molar-refractivity contribution in [3.63, 3.8) is 0 Å². The van der Waals surface area contributed by atoms with Gasteiger partial charge in [-0.1, -0.05) is 30.7 Å². The van der Waals surface area contributed by atoms with Crippen LogP contribution in [0.15, 0.2) is 18.2 Å². The first-order chi connectivity index (χ1) is 9.22. The predicted molar refractivity (Wildman–Crippen MR) is 76.1 cm³/mol. The third-order valence-corrected chi connectivity index (χ3v) is 3.95. The Kier molecular flexibility index (Phi) is 5.61. The van der Waals surface area contributed by atoms with Crippen molar-refractivity contribution in [2.45, 2.75) is 32.2 Å². The van der Waals surface area contributed by atoms with Crippen molar-refractivity contribution in [3.05, 3.63) is 34.6 Å². The van der Waals surface area contributed by atoms with Crippen LogP contribution in [-0.2, 0) is 11.2 Å². The Morgan fingerprint density at radius 2 is 2.37 bits per heavy atom. The average molecular weight is 286 g/mol. The third-order valence-electron chi connectivity index (χ3n) is 3.66. The van der Waals surface area contributed by atoms with E-state index in [1.807, 2.05) is 12.1 Å². The highest BCUT2D eigenvalue weighted by molar-refractivity contribution is 6.30. The molecule has 2 nitrogen and oxygen atoms in total. The van der Waals surface area contributed by atoms with Gasteiger partial charge in [0, 0.05) is 18.6 Å². The maximum absolute atomic E-state index is 14.0. The third kappa shape index (κ3) is 3.91. The average Bonchev–Trinajstić information content (AvgIpc) is 2.93. The molecule has 4 heteroatoms. The molecule has 0 aromatic heterocycles. The lowest BCUT2D eigenvalue weighted by Crippen LogP contribution is -2.39. The summed E-state index contributed by atoms with van der Waals surface area (Å²) in [6.45, 7) is 4.66. The summed E-state index contributed by atoms with van der Waals surface area (Å²) in [4.78, 5) is 0. The summed E-state index contributed by atoms with van der Waals surface area (Å²) >= 11 is 5.84. The highest BCUT2D eigenvalue weighted by Gasteiger charge is 2.26. The number of rotatable bonds is 6. The first kappa shape index (κ1) is 14.8. The van der Waals surface area contributed by atoms with E-state index in [-0.39, 0.29) is 16.9 Å². The molecule has 1 aliphatic rings. The highest BCUT2D eigenvalue weighted by Crippen LogP contribution is 2.24. The van der Waals surface area contributed by atoms with Crippen LogP contribution in [0.1, 0.15) is 25.3 Å². The molecule has 106 valence electrons. The van der Waals surface area contributed by atoms with Crippen LogP contribution in [0.4, 0.5) is 4.39 Å². The van der Waals surface area contributed by atoms with Crippen LogP contribution in [-0.4, -0.2) is 25.8 Å². The van der Waals surface area contributed by atoms with Crippen molar-refractivity contribution in [2.24, 2.45) is 5.92 Å². The minimum absolute atomic E-state index is 0.203. The minimum atomic E-state index is -0.286. The lowest BCUT2D eigenvalue weighted by Gasteiger charge is -2.24. The molecule has 0 aliphatic carbocycles. The zero-order chi connectivity index (χ0) is 13.7. The van der Waals surface area contributed by atoms with E-state index in [0.29, 0.717) is 17.9 Å². The summed E-state index contributed by atoms with van der Waals surface area (Å²) in [6.07, 6.45) is 2.78. The Labute approximate surface area is 119 Å². The fourth-order valence-corrected chi connectivity index (χ4v) is 2.74. The van der Waals surface area contributed by atoms with Gasteiger partial charge < -0.3 is 10.1 Å². The van der Waals surface area contributed by atoms with Gasteiger partial charge in [-0.3, -0.25) is 0 Å². The van der Waals surface area contributed by atoms with Crippen LogP contribution in [0.2, 0.25) is 5.02 Å². The molecule has 0 spiro atoms. The minimum Gasteiger partial charge on any atom is -0.381 e. The van der Waals surface area contributed by atoms with Gasteiger partial charge in [0.2, 0.25) is 0 Å². The molecule has 1 aliphatic heterocycles. The van der Waals surface area contributed by atoms with Gasteiger partial charge in [-0.25, -0.2) is 4.39 Å². The van der Waals surface area contributed by atoms with E-state index in [0.717, 1.165) is 32.6 Å². The van der Waals surface area contributed by atoms with E-state index in [9.17, 15) is 4.39 Å². The molecule has 1 N–H and O–H groups in total. The van der Waals surface area contributed by atoms with Crippen LogP contribution >= 0.6 is 11.6 Å². The molecule has 19 heavy (non-hydrogen) atoms. The van der Waals surface area contributed by atoms with E-state index in [4.69, 9.17) is 16.3 Å². The lowest BCUT2D eigenvalue weighted by molar-refractivity contribution is 0.176. The number of hydrogen-bond donors (Lipinski definition) is 1. The highest BCUT2D eigenvalue weighted by atomic mass is 35.5. The molecule has 0 radical (unpaired) electrons. The van der Waals surface area contributed by atoms with Crippen LogP contribution in [0.5, 0.6) is 0 Å². The molecule has 1 heterocycles. The molecule has 2 rings (SSSR count). The van der Waals surface area contributed by atoms with Gasteiger partial charge in [-0.15, -0.1) is 0 Å². The maximum atomic E-state index is 14.0. The van der Waals surface area contributed by atoms with E-state index in [2.05, 4.69) is 12.2 Å². The summed E-state index contributed by atoms with van der Waals surface area (Å²) in [5.41, 5.74) is 0.688. The van der Waals surface area contributed by atoms with Crippen LogP contribution < -0.4 is 5.32 Å². The first-order valence-corrected chi connectivity index (χ1v) is 7.34. The van der Waals surface area contributed by atoms with Crippen molar-refractivity contribution >= 4 is 11.6 Å². The first-order valence-electron chi connectivity index (χ1n) is 6.96. The largest absolute Gasteiger partial charge is 0.381 e.